The summed E-state index contributed by atoms with van der Waals surface area (Å²) in [5.41, 5.74) is 0. The van der Waals surface area contributed by atoms with E-state index in [2.05, 4.69) is 4.74 Å². The van der Waals surface area contributed by atoms with Crippen LogP contribution in [0.15, 0.2) is 42.5 Å². The molecule has 0 saturated carbocycles. The van der Waals surface area contributed by atoms with Gasteiger partial charge >= 0.3 is 5.97 Å². The Morgan fingerprint density at radius 1 is 1.09 bits per heavy atom. The van der Waals surface area contributed by atoms with Crippen molar-refractivity contribution in [1.82, 2.24) is 4.90 Å². The second kappa shape index (κ2) is 7.61. The molecule has 0 aliphatic carbocycles. The second-order valence-corrected chi connectivity index (χ2v) is 5.63. The van der Waals surface area contributed by atoms with E-state index < -0.39 is 5.97 Å². The smallest absolute Gasteiger partial charge is 0.348 e. The summed E-state index contributed by atoms with van der Waals surface area (Å²) < 4.78 is 10.2. The first-order chi connectivity index (χ1) is 10.6. The number of methoxy groups -OCH3 is 1. The van der Waals surface area contributed by atoms with Gasteiger partial charge in [0.1, 0.15) is 17.2 Å². The predicted molar refractivity (Wildman–Crippen MR) is 84.6 cm³/mol. The van der Waals surface area contributed by atoms with E-state index >= 15 is 0 Å². The largest absolute Gasteiger partial charge is 0.492 e. The summed E-state index contributed by atoms with van der Waals surface area (Å²) in [7, 11) is 3.02. The van der Waals surface area contributed by atoms with E-state index in [1.54, 1.807) is 24.1 Å². The number of amides is 1. The molecule has 0 N–H and O–H groups in total. The van der Waals surface area contributed by atoms with Crippen molar-refractivity contribution in [2.75, 3.05) is 27.3 Å². The molecule has 6 heteroatoms. The molecule has 0 aliphatic heterocycles. The van der Waals surface area contributed by atoms with Gasteiger partial charge in [-0.05, 0) is 24.3 Å². The lowest BCUT2D eigenvalue weighted by Crippen LogP contribution is -2.30. The molecule has 0 radical (unpaired) electrons. The van der Waals surface area contributed by atoms with Crippen LogP contribution in [0, 0.1) is 0 Å². The van der Waals surface area contributed by atoms with Crippen LogP contribution < -0.4 is 4.74 Å². The first-order valence-electron chi connectivity index (χ1n) is 6.73. The van der Waals surface area contributed by atoms with E-state index in [9.17, 15) is 9.59 Å². The molecule has 5 nitrogen and oxygen atoms in total. The Labute approximate surface area is 133 Å². The van der Waals surface area contributed by atoms with E-state index in [1.165, 1.54) is 7.11 Å². The van der Waals surface area contributed by atoms with Crippen molar-refractivity contribution in [3.63, 3.8) is 0 Å². The molecule has 22 heavy (non-hydrogen) atoms. The van der Waals surface area contributed by atoms with Crippen LogP contribution in [0.3, 0.4) is 0 Å². The minimum absolute atomic E-state index is 0.142. The Balaban J connectivity index is 1.86. The van der Waals surface area contributed by atoms with Gasteiger partial charge in [0.05, 0.1) is 18.5 Å². The molecule has 1 aromatic carbocycles. The third-order valence-corrected chi connectivity index (χ3v) is 4.04. The van der Waals surface area contributed by atoms with E-state index in [1.807, 2.05) is 30.3 Å². The fourth-order valence-corrected chi connectivity index (χ4v) is 2.69. The molecule has 1 heterocycles. The Morgan fingerprint density at radius 3 is 2.45 bits per heavy atom. The number of carbonyl (C=O) groups is 2. The fraction of sp³-hybridized carbons (Fsp3) is 0.250. The summed E-state index contributed by atoms with van der Waals surface area (Å²) >= 11 is 1.13. The summed E-state index contributed by atoms with van der Waals surface area (Å²) in [6, 6.07) is 12.7. The molecule has 116 valence electrons. The van der Waals surface area contributed by atoms with Gasteiger partial charge in [-0.15, -0.1) is 11.3 Å². The first-order valence-corrected chi connectivity index (χ1v) is 7.55. The number of carbonyl (C=O) groups excluding carboxylic acids is 2. The molecule has 0 unspecified atom stereocenters. The number of ether oxygens (including phenoxy) is 2. The number of nitrogens with zero attached hydrogens (tertiary/aromatic N) is 1. The topological polar surface area (TPSA) is 55.8 Å². The maximum absolute atomic E-state index is 12.2. The van der Waals surface area contributed by atoms with Gasteiger partial charge in [0.25, 0.3) is 5.91 Å². The lowest BCUT2D eigenvalue weighted by molar-refractivity contribution is 0.0606. The number of likely N-dealkylation sites (N-methyl/N-ethyl adjacent to an activating group) is 1. The highest BCUT2D eigenvalue weighted by atomic mass is 32.1. The number of hydrogen-bond donors (Lipinski definition) is 0. The van der Waals surface area contributed by atoms with Crippen LogP contribution in [0.5, 0.6) is 5.75 Å². The van der Waals surface area contributed by atoms with Crippen molar-refractivity contribution < 1.29 is 19.1 Å². The normalized spacial score (nSPS) is 10.1. The molecule has 2 aromatic rings. The molecule has 0 spiro atoms. The lowest BCUT2D eigenvalue weighted by Gasteiger charge is -2.16. The number of rotatable bonds is 6. The fourth-order valence-electron chi connectivity index (χ4n) is 1.77. The molecule has 0 bridgehead atoms. The summed E-state index contributed by atoms with van der Waals surface area (Å²) in [5.74, 6) is 0.198. The monoisotopic (exact) mass is 319 g/mol. The van der Waals surface area contributed by atoms with Crippen LogP contribution in [0.4, 0.5) is 0 Å². The molecule has 0 aliphatic rings. The number of benzene rings is 1. The molecule has 0 saturated heterocycles. The number of hydrogen-bond acceptors (Lipinski definition) is 5. The number of esters is 1. The Kier molecular flexibility index (Phi) is 5.55. The highest BCUT2D eigenvalue weighted by Crippen LogP contribution is 2.18. The molecule has 2 rings (SSSR count). The minimum Gasteiger partial charge on any atom is -0.492 e. The van der Waals surface area contributed by atoms with Crippen molar-refractivity contribution in [1.29, 1.82) is 0 Å². The zero-order chi connectivity index (χ0) is 15.9. The van der Waals surface area contributed by atoms with Crippen LogP contribution in [0.1, 0.15) is 19.3 Å². The summed E-state index contributed by atoms with van der Waals surface area (Å²) in [4.78, 5) is 26.1. The van der Waals surface area contributed by atoms with Gasteiger partial charge in [0, 0.05) is 7.05 Å². The minimum atomic E-state index is -0.431. The zero-order valence-electron chi connectivity index (χ0n) is 12.4. The Bertz CT molecular complexity index is 639. The van der Waals surface area contributed by atoms with E-state index in [-0.39, 0.29) is 5.91 Å². The average Bonchev–Trinajstić information content (AvgIpc) is 3.04. The standard InChI is InChI=1S/C16H17NO4S/c1-17(10-11-21-12-6-4-3-5-7-12)15(18)13-8-9-14(22-13)16(19)20-2/h3-9H,10-11H2,1-2H3. The van der Waals surface area contributed by atoms with Crippen molar-refractivity contribution in [3.05, 3.63) is 52.2 Å². The predicted octanol–water partition coefficient (Wildman–Crippen LogP) is 2.69. The third kappa shape index (κ3) is 4.08. The van der Waals surface area contributed by atoms with E-state index in [0.29, 0.717) is 22.9 Å². The maximum Gasteiger partial charge on any atom is 0.348 e. The van der Waals surface area contributed by atoms with Crippen molar-refractivity contribution in [2.24, 2.45) is 0 Å². The zero-order valence-corrected chi connectivity index (χ0v) is 13.3. The van der Waals surface area contributed by atoms with Crippen LogP contribution in [0.2, 0.25) is 0 Å². The molecular weight excluding hydrogens is 302 g/mol. The molecule has 0 fully saturated rings. The van der Waals surface area contributed by atoms with Gasteiger partial charge in [0.15, 0.2) is 0 Å². The average molecular weight is 319 g/mol. The SMILES string of the molecule is COC(=O)c1ccc(C(=O)N(C)CCOc2ccccc2)s1. The van der Waals surface area contributed by atoms with Gasteiger partial charge in [-0.1, -0.05) is 18.2 Å². The van der Waals surface area contributed by atoms with Crippen molar-refractivity contribution in [3.8, 4) is 5.75 Å². The lowest BCUT2D eigenvalue weighted by atomic mass is 10.3. The van der Waals surface area contributed by atoms with Crippen molar-refractivity contribution in [2.45, 2.75) is 0 Å². The third-order valence-electron chi connectivity index (χ3n) is 2.99. The molecule has 1 amide bonds. The van der Waals surface area contributed by atoms with Gasteiger partial charge in [0.2, 0.25) is 0 Å². The van der Waals surface area contributed by atoms with Crippen LogP contribution in [-0.4, -0.2) is 44.1 Å². The first kappa shape index (κ1) is 16.0. The Hall–Kier alpha value is -2.34. The van der Waals surface area contributed by atoms with E-state index in [0.717, 1.165) is 17.1 Å². The molecule has 0 atom stereocenters. The van der Waals surface area contributed by atoms with Gasteiger partial charge in [-0.3, -0.25) is 4.79 Å². The van der Waals surface area contributed by atoms with Crippen LogP contribution >= 0.6 is 11.3 Å². The van der Waals surface area contributed by atoms with Gasteiger partial charge < -0.3 is 14.4 Å². The highest BCUT2D eigenvalue weighted by Gasteiger charge is 2.17. The molecule has 1 aromatic heterocycles. The maximum atomic E-state index is 12.2. The number of para-hydroxylation sites is 1. The van der Waals surface area contributed by atoms with Crippen LogP contribution in [-0.2, 0) is 4.74 Å². The highest BCUT2D eigenvalue weighted by molar-refractivity contribution is 7.15. The van der Waals surface area contributed by atoms with Gasteiger partial charge in [-0.2, -0.15) is 0 Å². The van der Waals surface area contributed by atoms with E-state index in [4.69, 9.17) is 4.74 Å². The molecular formula is C16H17NO4S. The summed E-state index contributed by atoms with van der Waals surface area (Å²) in [6.45, 7) is 0.862. The van der Waals surface area contributed by atoms with Gasteiger partial charge in [-0.25, -0.2) is 4.79 Å². The Morgan fingerprint density at radius 2 is 1.77 bits per heavy atom. The van der Waals surface area contributed by atoms with Crippen LogP contribution in [0.25, 0.3) is 0 Å². The summed E-state index contributed by atoms with van der Waals surface area (Å²) in [6.07, 6.45) is 0. The second-order valence-electron chi connectivity index (χ2n) is 4.54. The van der Waals surface area contributed by atoms with Crippen molar-refractivity contribution >= 4 is 23.2 Å². The number of thiophene rings is 1. The summed E-state index contributed by atoms with van der Waals surface area (Å²) in [5, 5.41) is 0. The quantitative estimate of drug-likeness (QED) is 0.768.